The number of para-hydroxylation sites is 1. The Hall–Kier alpha value is -5.31. The third-order valence-electron chi connectivity index (χ3n) is 7.83. The summed E-state index contributed by atoms with van der Waals surface area (Å²) in [5.41, 5.74) is 1.69. The van der Waals surface area contributed by atoms with Gasteiger partial charge in [0, 0.05) is 29.6 Å². The number of aliphatic hydroxyl groups excluding tert-OH is 2. The number of oxazole rings is 1. The zero-order chi connectivity index (χ0) is 34.3. The van der Waals surface area contributed by atoms with Gasteiger partial charge >= 0.3 is 0 Å². The molecule has 0 atom stereocenters. The normalized spacial score (nSPS) is 11.8. The quantitative estimate of drug-likeness (QED) is 0.174. The summed E-state index contributed by atoms with van der Waals surface area (Å²) in [5, 5.41) is 23.1. The Balaban J connectivity index is 1.69. The van der Waals surface area contributed by atoms with Crippen LogP contribution in [-0.2, 0) is 10.0 Å². The van der Waals surface area contributed by atoms with E-state index in [-0.39, 0.29) is 50.5 Å². The molecule has 6 rings (SSSR count). The number of sulfonamides is 1. The fraction of sp³-hybridized carbons (Fsp3) is 0.176. The number of ether oxygens (including phenoxy) is 1. The lowest BCUT2D eigenvalue weighted by Crippen LogP contribution is -2.44. The summed E-state index contributed by atoms with van der Waals surface area (Å²) in [5.74, 6) is -1.19. The van der Waals surface area contributed by atoms with Gasteiger partial charge in [-0.05, 0) is 60.2 Å². The summed E-state index contributed by atoms with van der Waals surface area (Å²) >= 11 is 0. The maximum Gasteiger partial charge on any atom is 0.255 e. The van der Waals surface area contributed by atoms with E-state index in [2.05, 4.69) is 10.3 Å². The number of carbonyl (C=O) groups excluding carboxylic acids is 1. The maximum absolute atomic E-state index is 14.5. The van der Waals surface area contributed by atoms with Crippen molar-refractivity contribution < 1.29 is 45.8 Å². The van der Waals surface area contributed by atoms with Gasteiger partial charge in [0.1, 0.15) is 28.4 Å². The average Bonchev–Trinajstić information content (AvgIpc) is 3.68. The molecule has 0 aliphatic rings. The summed E-state index contributed by atoms with van der Waals surface area (Å²) in [6.45, 7) is -1.46. The van der Waals surface area contributed by atoms with E-state index in [1.54, 1.807) is 30.3 Å². The van der Waals surface area contributed by atoms with Crippen molar-refractivity contribution in [1.82, 2.24) is 10.3 Å². The van der Waals surface area contributed by atoms with E-state index in [9.17, 15) is 32.2 Å². The highest BCUT2D eigenvalue weighted by Gasteiger charge is 2.32. The second kappa shape index (κ2) is 12.7. The van der Waals surface area contributed by atoms with E-state index in [1.165, 1.54) is 56.6 Å². The lowest BCUT2D eigenvalue weighted by Gasteiger charge is -2.31. The number of carbonyl (C=O) groups is 1. The first-order valence-corrected chi connectivity index (χ1v) is 16.4. The monoisotopic (exact) mass is 677 g/mol. The highest BCUT2D eigenvalue weighted by Crippen LogP contribution is 2.44. The van der Waals surface area contributed by atoms with E-state index >= 15 is 0 Å². The first-order chi connectivity index (χ1) is 23.0. The summed E-state index contributed by atoms with van der Waals surface area (Å²) in [6, 6.07) is 16.1. The number of halogens is 2. The topological polar surface area (TPSA) is 155 Å². The number of anilines is 1. The largest absolute Gasteiger partial charge is 0.496 e. The Morgan fingerprint density at radius 1 is 0.958 bits per heavy atom. The van der Waals surface area contributed by atoms with E-state index in [4.69, 9.17) is 13.6 Å². The average molecular weight is 678 g/mol. The molecule has 248 valence electrons. The highest BCUT2D eigenvalue weighted by molar-refractivity contribution is 7.92. The SMILES string of the molecule is CNC(=O)c1c(-c2ccc(F)cc2)oc2cc(N(C(CO)CO)S(C)(=O)=O)c(-c3ccc(OC)c(-c4nc5c(F)cccc5o4)c3)cc12. The van der Waals surface area contributed by atoms with Crippen LogP contribution in [0.5, 0.6) is 5.75 Å². The number of benzene rings is 4. The molecule has 0 aliphatic carbocycles. The molecular formula is C34H29F2N3O8S. The van der Waals surface area contributed by atoms with Crippen molar-refractivity contribution in [2.75, 3.05) is 37.9 Å². The van der Waals surface area contributed by atoms with Crippen LogP contribution in [0.3, 0.4) is 0 Å². The highest BCUT2D eigenvalue weighted by atomic mass is 32.2. The predicted molar refractivity (Wildman–Crippen MR) is 175 cm³/mol. The Labute approximate surface area is 273 Å². The van der Waals surface area contributed by atoms with Gasteiger partial charge in [0.15, 0.2) is 11.4 Å². The maximum atomic E-state index is 14.5. The van der Waals surface area contributed by atoms with E-state index in [0.29, 0.717) is 22.4 Å². The molecule has 0 bridgehead atoms. The van der Waals surface area contributed by atoms with Crippen LogP contribution < -0.4 is 14.4 Å². The number of aliphatic hydroxyl groups is 2. The summed E-state index contributed by atoms with van der Waals surface area (Å²) in [4.78, 5) is 17.7. The van der Waals surface area contributed by atoms with Crippen LogP contribution in [0, 0.1) is 11.6 Å². The standard InChI is InChI=1S/C34H29F2N3O8S/c1-37-33(42)30-23-14-22(19-9-12-27(45-2)24(13-19)34-38-31-25(36)5-4-6-28(31)47-34)26(39(48(3,43)44)21(16-40)17-41)15-29(23)46-32(30)18-7-10-20(35)11-8-18/h4-15,21,40-41H,16-17H2,1-3H3,(H,37,42). The zero-order valence-corrected chi connectivity index (χ0v) is 26.6. The molecule has 0 aliphatic heterocycles. The van der Waals surface area contributed by atoms with Gasteiger partial charge in [0.05, 0.1) is 49.4 Å². The van der Waals surface area contributed by atoms with E-state index < -0.39 is 46.8 Å². The molecule has 2 aromatic heterocycles. The Kier molecular flexibility index (Phi) is 8.64. The molecule has 3 N–H and O–H groups in total. The van der Waals surface area contributed by atoms with Gasteiger partial charge in [-0.2, -0.15) is 0 Å². The Morgan fingerprint density at radius 2 is 1.67 bits per heavy atom. The molecule has 14 heteroatoms. The molecule has 1 amide bonds. The number of nitrogens with zero attached hydrogens (tertiary/aromatic N) is 2. The lowest BCUT2D eigenvalue weighted by molar-refractivity contribution is 0.0964. The van der Waals surface area contributed by atoms with Crippen LogP contribution in [0.25, 0.3) is 56.0 Å². The number of fused-ring (bicyclic) bond motifs is 2. The fourth-order valence-corrected chi connectivity index (χ4v) is 6.81. The molecule has 6 aromatic rings. The van der Waals surface area contributed by atoms with Crippen molar-refractivity contribution in [3.05, 3.63) is 90.0 Å². The number of nitrogens with one attached hydrogen (secondary N) is 1. The minimum absolute atomic E-state index is 0.000638. The van der Waals surface area contributed by atoms with Crippen LogP contribution in [0.4, 0.5) is 14.5 Å². The minimum Gasteiger partial charge on any atom is -0.496 e. The number of furan rings is 1. The number of aromatic nitrogens is 1. The first kappa shape index (κ1) is 32.6. The molecule has 0 saturated heterocycles. The van der Waals surface area contributed by atoms with Gasteiger partial charge in [-0.15, -0.1) is 0 Å². The lowest BCUT2D eigenvalue weighted by atomic mass is 9.96. The van der Waals surface area contributed by atoms with Gasteiger partial charge in [-0.1, -0.05) is 12.1 Å². The molecule has 4 aromatic carbocycles. The van der Waals surface area contributed by atoms with E-state index in [0.717, 1.165) is 10.6 Å². The molecule has 0 unspecified atom stereocenters. The van der Waals surface area contributed by atoms with Crippen molar-refractivity contribution in [2.24, 2.45) is 0 Å². The minimum atomic E-state index is -4.17. The summed E-state index contributed by atoms with van der Waals surface area (Å²) in [7, 11) is -1.31. The molecule has 0 spiro atoms. The van der Waals surface area contributed by atoms with Crippen LogP contribution in [-0.4, -0.2) is 69.2 Å². The van der Waals surface area contributed by atoms with Crippen molar-refractivity contribution in [3.63, 3.8) is 0 Å². The van der Waals surface area contributed by atoms with E-state index in [1.807, 2.05) is 0 Å². The van der Waals surface area contributed by atoms with Gasteiger partial charge in [-0.25, -0.2) is 22.2 Å². The van der Waals surface area contributed by atoms with Gasteiger partial charge in [0.2, 0.25) is 15.9 Å². The molecule has 0 radical (unpaired) electrons. The fourth-order valence-electron chi connectivity index (χ4n) is 5.63. The zero-order valence-electron chi connectivity index (χ0n) is 25.8. The molecule has 0 saturated carbocycles. The molecule has 2 heterocycles. The summed E-state index contributed by atoms with van der Waals surface area (Å²) < 4.78 is 73.4. The first-order valence-electron chi connectivity index (χ1n) is 14.5. The number of hydrogen-bond acceptors (Lipinski definition) is 9. The third-order valence-corrected chi connectivity index (χ3v) is 9.03. The Bertz CT molecular complexity index is 2280. The molecule has 0 fully saturated rings. The molecular weight excluding hydrogens is 648 g/mol. The second-order valence-electron chi connectivity index (χ2n) is 10.9. The van der Waals surface area contributed by atoms with Crippen molar-refractivity contribution >= 4 is 43.7 Å². The van der Waals surface area contributed by atoms with Crippen molar-refractivity contribution in [2.45, 2.75) is 6.04 Å². The van der Waals surface area contributed by atoms with Crippen molar-refractivity contribution in [3.8, 4) is 39.7 Å². The van der Waals surface area contributed by atoms with Gasteiger partial charge in [0.25, 0.3) is 5.91 Å². The Morgan fingerprint density at radius 3 is 2.29 bits per heavy atom. The van der Waals surface area contributed by atoms with Crippen LogP contribution in [0.15, 0.2) is 81.6 Å². The van der Waals surface area contributed by atoms with Crippen molar-refractivity contribution in [1.29, 1.82) is 0 Å². The third kappa shape index (κ3) is 5.74. The molecule has 11 nitrogen and oxygen atoms in total. The predicted octanol–water partition coefficient (Wildman–Crippen LogP) is 5.34. The van der Waals surface area contributed by atoms with Gasteiger partial charge < -0.3 is 29.1 Å². The van der Waals surface area contributed by atoms with Crippen LogP contribution in [0.2, 0.25) is 0 Å². The number of hydrogen-bond donors (Lipinski definition) is 3. The number of amides is 1. The summed E-state index contributed by atoms with van der Waals surface area (Å²) in [6.07, 6.45) is 0.924. The second-order valence-corrected chi connectivity index (χ2v) is 12.7. The molecule has 48 heavy (non-hydrogen) atoms. The number of rotatable bonds is 10. The smallest absolute Gasteiger partial charge is 0.255 e. The number of methoxy groups -OCH3 is 1. The van der Waals surface area contributed by atoms with Gasteiger partial charge in [-0.3, -0.25) is 9.10 Å². The van der Waals surface area contributed by atoms with Crippen LogP contribution in [0.1, 0.15) is 10.4 Å². The van der Waals surface area contributed by atoms with Crippen LogP contribution >= 0.6 is 0 Å².